The first kappa shape index (κ1) is 35.9. The Balaban J connectivity index is 0.000000351. The van der Waals surface area contributed by atoms with E-state index in [0.29, 0.717) is 18.0 Å². The largest absolute Gasteiger partial charge is 0.460 e. The molecule has 7 heteroatoms. The van der Waals surface area contributed by atoms with E-state index in [-0.39, 0.29) is 12.5 Å². The van der Waals surface area contributed by atoms with Crippen LogP contribution in [0, 0.1) is 18.8 Å². The van der Waals surface area contributed by atoms with Crippen LogP contribution in [-0.4, -0.2) is 42.5 Å². The molecule has 0 saturated heterocycles. The van der Waals surface area contributed by atoms with Gasteiger partial charge < -0.3 is 15.0 Å². The first-order valence-electron chi connectivity index (χ1n) is 15.4. The van der Waals surface area contributed by atoms with Crippen molar-refractivity contribution in [3.8, 4) is 0 Å². The monoisotopic (exact) mass is 598 g/mol. The first-order chi connectivity index (χ1) is 21.1. The number of aromatic nitrogens is 2. The maximum Gasteiger partial charge on any atom is 0.323 e. The maximum atomic E-state index is 12.9. The molecule has 1 aliphatic carbocycles. The SMILES string of the molecule is C=CC.C=c1nc(C)nc(N(C)C)/c1=C/C.CC1CCC(CNC(=O)C(C(=O)OCc2ccccc2)c2ccccc2)CC1. The molecule has 1 atom stereocenters. The maximum absolute atomic E-state index is 12.9. The number of allylic oxidation sites excluding steroid dienone is 1. The van der Waals surface area contributed by atoms with Gasteiger partial charge in [0.25, 0.3) is 0 Å². The molecule has 2 aromatic carbocycles. The molecule has 4 rings (SSSR count). The standard InChI is InChI=1S/C24H29NO3.C10H15N3.C3H6/c1-18-12-14-19(15-13-18)16-25-23(26)22(21-10-6-3-7-11-21)24(27)28-17-20-8-4-2-5-9-20;1-6-9-7(2)11-8(3)12-10(9)13(4)5;1-3-2/h2-11,18-19,22H,12-17H2,1H3,(H,25,26);6H,2H2,1,3-5H3;3H,1H2,2H3/b;9-6+;. The Kier molecular flexibility index (Phi) is 15.6. The Morgan fingerprint density at radius 1 is 1.00 bits per heavy atom. The summed E-state index contributed by atoms with van der Waals surface area (Å²) in [6, 6.07) is 18.7. The number of carbonyl (C=O) groups is 2. The first-order valence-corrected chi connectivity index (χ1v) is 15.4. The van der Waals surface area contributed by atoms with E-state index in [2.05, 4.69) is 35.4 Å². The number of rotatable bonds is 8. The van der Waals surface area contributed by atoms with E-state index < -0.39 is 11.9 Å². The molecular formula is C37H50N4O3. The number of ether oxygens (including phenoxy) is 1. The molecule has 7 nitrogen and oxygen atoms in total. The highest BCUT2D eigenvalue weighted by molar-refractivity contribution is 6.03. The van der Waals surface area contributed by atoms with Crippen LogP contribution in [0.2, 0.25) is 0 Å². The molecule has 3 aromatic rings. The fourth-order valence-electron chi connectivity index (χ4n) is 4.99. The summed E-state index contributed by atoms with van der Waals surface area (Å²) in [5.74, 6) is 1.24. The van der Waals surface area contributed by atoms with Crippen LogP contribution in [0.3, 0.4) is 0 Å². The molecule has 236 valence electrons. The lowest BCUT2D eigenvalue weighted by molar-refractivity contribution is -0.150. The fraction of sp³-hybridized carbons (Fsp3) is 0.405. The predicted molar refractivity (Wildman–Crippen MR) is 181 cm³/mol. The third-order valence-corrected chi connectivity index (χ3v) is 7.38. The van der Waals surface area contributed by atoms with Crippen molar-refractivity contribution in [1.82, 2.24) is 15.3 Å². The van der Waals surface area contributed by atoms with E-state index >= 15 is 0 Å². The van der Waals surface area contributed by atoms with Crippen molar-refractivity contribution < 1.29 is 14.3 Å². The smallest absolute Gasteiger partial charge is 0.323 e. The van der Waals surface area contributed by atoms with Crippen molar-refractivity contribution in [2.24, 2.45) is 11.8 Å². The summed E-state index contributed by atoms with van der Waals surface area (Å²) in [7, 11) is 3.93. The summed E-state index contributed by atoms with van der Waals surface area (Å²) in [4.78, 5) is 36.2. The molecule has 1 fully saturated rings. The predicted octanol–water partition coefficient (Wildman–Crippen LogP) is 5.71. The average molecular weight is 599 g/mol. The highest BCUT2D eigenvalue weighted by atomic mass is 16.5. The van der Waals surface area contributed by atoms with Crippen LogP contribution in [-0.2, 0) is 20.9 Å². The molecule has 1 N–H and O–H groups in total. The highest BCUT2D eigenvalue weighted by Gasteiger charge is 2.30. The second-order valence-corrected chi connectivity index (χ2v) is 11.4. The third kappa shape index (κ3) is 11.8. The zero-order valence-electron chi connectivity index (χ0n) is 27.4. The molecule has 1 aromatic heterocycles. The number of carbonyl (C=O) groups excluding carboxylic acids is 2. The number of anilines is 1. The molecule has 1 amide bonds. The lowest BCUT2D eigenvalue weighted by Crippen LogP contribution is -2.38. The van der Waals surface area contributed by atoms with Crippen LogP contribution in [0.1, 0.15) is 69.3 Å². The number of amides is 1. The summed E-state index contributed by atoms with van der Waals surface area (Å²) >= 11 is 0. The van der Waals surface area contributed by atoms with E-state index in [0.717, 1.165) is 46.5 Å². The molecule has 0 bridgehead atoms. The Morgan fingerprint density at radius 2 is 1.57 bits per heavy atom. The van der Waals surface area contributed by atoms with E-state index in [1.54, 1.807) is 18.2 Å². The summed E-state index contributed by atoms with van der Waals surface area (Å²) in [5.41, 5.74) is 1.56. The molecule has 1 heterocycles. The van der Waals surface area contributed by atoms with E-state index in [1.807, 2.05) is 94.4 Å². The summed E-state index contributed by atoms with van der Waals surface area (Å²) < 4.78 is 5.47. The zero-order chi connectivity index (χ0) is 32.5. The summed E-state index contributed by atoms with van der Waals surface area (Å²) in [6.45, 7) is 16.1. The van der Waals surface area contributed by atoms with Gasteiger partial charge in [0.1, 0.15) is 18.2 Å². The van der Waals surface area contributed by atoms with Crippen molar-refractivity contribution in [2.45, 2.75) is 65.9 Å². The van der Waals surface area contributed by atoms with Gasteiger partial charge in [-0.3, -0.25) is 9.59 Å². The Labute approximate surface area is 263 Å². The van der Waals surface area contributed by atoms with Crippen LogP contribution >= 0.6 is 0 Å². The molecule has 1 saturated carbocycles. The van der Waals surface area contributed by atoms with Gasteiger partial charge in [0.05, 0.1) is 5.35 Å². The minimum atomic E-state index is -0.938. The quantitative estimate of drug-likeness (QED) is 0.203. The molecule has 0 radical (unpaired) electrons. The summed E-state index contributed by atoms with van der Waals surface area (Å²) in [5, 5.41) is 4.81. The average Bonchev–Trinajstić information content (AvgIpc) is 3.01. The van der Waals surface area contributed by atoms with Gasteiger partial charge in [0.2, 0.25) is 5.91 Å². The van der Waals surface area contributed by atoms with Crippen LogP contribution in [0.4, 0.5) is 5.82 Å². The molecule has 0 aliphatic heterocycles. The van der Waals surface area contributed by atoms with E-state index in [4.69, 9.17) is 4.74 Å². The summed E-state index contributed by atoms with van der Waals surface area (Å²) in [6.07, 6.45) is 8.42. The van der Waals surface area contributed by atoms with Crippen LogP contribution < -0.4 is 20.8 Å². The van der Waals surface area contributed by atoms with Crippen LogP contribution in [0.5, 0.6) is 0 Å². The van der Waals surface area contributed by atoms with Crippen molar-refractivity contribution in [1.29, 1.82) is 0 Å². The number of esters is 1. The van der Waals surface area contributed by atoms with Gasteiger partial charge >= 0.3 is 5.97 Å². The number of nitrogens with one attached hydrogen (secondary N) is 1. The Bertz CT molecular complexity index is 1420. The van der Waals surface area contributed by atoms with Crippen molar-refractivity contribution in [3.63, 3.8) is 0 Å². The van der Waals surface area contributed by atoms with Crippen LogP contribution in [0.25, 0.3) is 12.7 Å². The number of hydrogen-bond acceptors (Lipinski definition) is 6. The van der Waals surface area contributed by atoms with Crippen LogP contribution in [0.15, 0.2) is 73.3 Å². The lowest BCUT2D eigenvalue weighted by Gasteiger charge is -2.26. The third-order valence-electron chi connectivity index (χ3n) is 7.38. The van der Waals surface area contributed by atoms with Crippen molar-refractivity contribution >= 4 is 30.3 Å². The number of aryl methyl sites for hydroxylation is 1. The van der Waals surface area contributed by atoms with Gasteiger partial charge in [-0.1, -0.05) is 99.2 Å². The van der Waals surface area contributed by atoms with Gasteiger partial charge in [-0.15, -0.1) is 6.58 Å². The van der Waals surface area contributed by atoms with E-state index in [1.165, 1.54) is 12.8 Å². The number of benzene rings is 2. The second-order valence-electron chi connectivity index (χ2n) is 11.4. The van der Waals surface area contributed by atoms with Gasteiger partial charge in [-0.05, 0) is 56.6 Å². The van der Waals surface area contributed by atoms with Crippen molar-refractivity contribution in [3.05, 3.63) is 101 Å². The van der Waals surface area contributed by atoms with Crippen molar-refractivity contribution in [2.75, 3.05) is 25.5 Å². The Hall–Kier alpha value is -4.26. The minimum Gasteiger partial charge on any atom is -0.460 e. The highest BCUT2D eigenvalue weighted by Crippen LogP contribution is 2.28. The molecule has 1 unspecified atom stereocenters. The van der Waals surface area contributed by atoms with Gasteiger partial charge in [-0.2, -0.15) is 0 Å². The minimum absolute atomic E-state index is 0.163. The fourth-order valence-corrected chi connectivity index (χ4v) is 4.99. The van der Waals surface area contributed by atoms with Gasteiger partial charge in [0.15, 0.2) is 5.92 Å². The lowest BCUT2D eigenvalue weighted by atomic mass is 9.83. The Morgan fingerprint density at radius 3 is 2.11 bits per heavy atom. The second kappa shape index (κ2) is 19.1. The number of hydrogen-bond donors (Lipinski definition) is 1. The van der Waals surface area contributed by atoms with Gasteiger partial charge in [0, 0.05) is 25.9 Å². The molecule has 44 heavy (non-hydrogen) atoms. The normalized spacial score (nSPS) is 16.6. The van der Waals surface area contributed by atoms with Gasteiger partial charge in [-0.25, -0.2) is 9.97 Å². The molecular weight excluding hydrogens is 548 g/mol. The number of nitrogens with zero attached hydrogens (tertiary/aromatic N) is 3. The topological polar surface area (TPSA) is 84.4 Å². The molecule has 1 aliphatic rings. The molecule has 0 spiro atoms. The van der Waals surface area contributed by atoms with E-state index in [9.17, 15) is 9.59 Å². The zero-order valence-corrected chi connectivity index (χ0v) is 27.4.